The van der Waals surface area contributed by atoms with Gasteiger partial charge in [0.05, 0.1) is 11.3 Å². The molecule has 59 valence electrons. The molecule has 1 aromatic rings. The molecule has 0 aliphatic carbocycles. The molecular formula is C6H4F3N2. The molecule has 0 aromatic carbocycles. The van der Waals surface area contributed by atoms with Crippen LogP contribution in [0.3, 0.4) is 0 Å². The number of aromatic nitrogens is 2. The van der Waals surface area contributed by atoms with E-state index in [0.717, 1.165) is 0 Å². The first-order chi connectivity index (χ1) is 5.02. The Hall–Kier alpha value is -1.13. The number of rotatable bonds is 0. The van der Waals surface area contributed by atoms with Gasteiger partial charge in [0.2, 0.25) is 0 Å². The summed E-state index contributed by atoms with van der Waals surface area (Å²) in [5.41, 5.74) is -0.913. The summed E-state index contributed by atoms with van der Waals surface area (Å²) in [6.07, 6.45) is -1.58. The molecule has 0 aliphatic rings. The third-order valence-electron chi connectivity index (χ3n) is 1.16. The van der Waals surface area contributed by atoms with Crippen molar-refractivity contribution >= 4 is 0 Å². The van der Waals surface area contributed by atoms with Crippen molar-refractivity contribution in [3.05, 3.63) is 23.8 Å². The molecule has 0 amide bonds. The lowest BCUT2D eigenvalue weighted by Gasteiger charge is -2.06. The van der Waals surface area contributed by atoms with E-state index in [1.807, 2.05) is 0 Å². The van der Waals surface area contributed by atoms with E-state index >= 15 is 0 Å². The van der Waals surface area contributed by atoms with Gasteiger partial charge in [-0.05, 0) is 6.92 Å². The second-order valence-electron chi connectivity index (χ2n) is 1.97. The lowest BCUT2D eigenvalue weighted by molar-refractivity contribution is -0.138. The van der Waals surface area contributed by atoms with Crippen LogP contribution in [0.25, 0.3) is 0 Å². The molecule has 0 N–H and O–H groups in total. The fraction of sp³-hybridized carbons (Fsp3) is 0.333. The molecule has 1 radical (unpaired) electrons. The maximum atomic E-state index is 12.0. The molecule has 0 bridgehead atoms. The summed E-state index contributed by atoms with van der Waals surface area (Å²) in [4.78, 5) is 6.45. The van der Waals surface area contributed by atoms with Gasteiger partial charge in [-0.3, -0.25) is 0 Å². The Morgan fingerprint density at radius 3 is 2.45 bits per heavy atom. The topological polar surface area (TPSA) is 25.8 Å². The highest BCUT2D eigenvalue weighted by atomic mass is 19.4. The molecule has 11 heavy (non-hydrogen) atoms. The molecule has 0 fully saturated rings. The third-order valence-corrected chi connectivity index (χ3v) is 1.16. The number of alkyl halides is 3. The molecule has 0 aliphatic heterocycles. The van der Waals surface area contributed by atoms with E-state index in [0.29, 0.717) is 6.20 Å². The van der Waals surface area contributed by atoms with Gasteiger partial charge >= 0.3 is 6.18 Å². The molecule has 1 rings (SSSR count). The minimum absolute atomic E-state index is 0.104. The average molecular weight is 161 g/mol. The minimum Gasteiger partial charge on any atom is -0.233 e. The number of aryl methyl sites for hydroxylation is 1. The highest BCUT2D eigenvalue weighted by Gasteiger charge is 2.33. The Balaban J connectivity index is 3.14. The smallest absolute Gasteiger partial charge is 0.233 e. The maximum absolute atomic E-state index is 12.0. The quantitative estimate of drug-likeness (QED) is 0.577. The highest BCUT2D eigenvalue weighted by molar-refractivity contribution is 5.17. The van der Waals surface area contributed by atoms with Crippen molar-refractivity contribution in [1.29, 1.82) is 0 Å². The summed E-state index contributed by atoms with van der Waals surface area (Å²) in [6.45, 7) is 1.26. The van der Waals surface area contributed by atoms with Gasteiger partial charge in [-0.2, -0.15) is 13.2 Å². The van der Waals surface area contributed by atoms with Crippen molar-refractivity contribution in [2.24, 2.45) is 0 Å². The Morgan fingerprint density at radius 1 is 1.45 bits per heavy atom. The predicted molar refractivity (Wildman–Crippen MR) is 30.6 cm³/mol. The lowest BCUT2D eigenvalue weighted by Crippen LogP contribution is -2.09. The van der Waals surface area contributed by atoms with Gasteiger partial charge in [-0.1, -0.05) is 0 Å². The van der Waals surface area contributed by atoms with Gasteiger partial charge in [-0.15, -0.1) is 0 Å². The largest absolute Gasteiger partial charge is 0.419 e. The molecule has 2 nitrogen and oxygen atoms in total. The van der Waals surface area contributed by atoms with Gasteiger partial charge in [-0.25, -0.2) is 9.97 Å². The predicted octanol–water partition coefficient (Wildman–Crippen LogP) is 1.60. The summed E-state index contributed by atoms with van der Waals surface area (Å²) in [5.74, 6) is 0. The van der Waals surface area contributed by atoms with Crippen molar-refractivity contribution in [3.63, 3.8) is 0 Å². The van der Waals surface area contributed by atoms with Crippen LogP contribution < -0.4 is 0 Å². The Kier molecular flexibility index (Phi) is 1.80. The fourth-order valence-electron chi connectivity index (χ4n) is 0.629. The summed E-state index contributed by atoms with van der Waals surface area (Å²) in [5, 5.41) is 0. The maximum Gasteiger partial charge on any atom is 0.419 e. The SMILES string of the molecule is Cc1n[c]ncc1C(F)(F)F. The number of nitrogens with zero attached hydrogens (tertiary/aromatic N) is 2. The van der Waals surface area contributed by atoms with Crippen molar-refractivity contribution in [2.75, 3.05) is 0 Å². The summed E-state index contributed by atoms with van der Waals surface area (Å²) in [7, 11) is 0. The van der Waals surface area contributed by atoms with Crippen LogP contribution in [0.2, 0.25) is 0 Å². The highest BCUT2D eigenvalue weighted by Crippen LogP contribution is 2.29. The molecule has 0 saturated heterocycles. The van der Waals surface area contributed by atoms with Crippen molar-refractivity contribution < 1.29 is 13.2 Å². The lowest BCUT2D eigenvalue weighted by atomic mass is 10.2. The number of hydrogen-bond donors (Lipinski definition) is 0. The van der Waals surface area contributed by atoms with Crippen LogP contribution in [0, 0.1) is 13.3 Å². The van der Waals surface area contributed by atoms with Crippen LogP contribution in [0.1, 0.15) is 11.3 Å². The first-order valence-electron chi connectivity index (χ1n) is 2.78. The molecule has 0 spiro atoms. The normalized spacial score (nSPS) is 11.6. The van der Waals surface area contributed by atoms with Crippen molar-refractivity contribution in [3.8, 4) is 0 Å². The van der Waals surface area contributed by atoms with Crippen LogP contribution in [0.4, 0.5) is 13.2 Å². The second-order valence-corrected chi connectivity index (χ2v) is 1.97. The van der Waals surface area contributed by atoms with E-state index in [-0.39, 0.29) is 5.69 Å². The zero-order valence-electron chi connectivity index (χ0n) is 5.61. The van der Waals surface area contributed by atoms with E-state index in [1.165, 1.54) is 6.92 Å². The monoisotopic (exact) mass is 161 g/mol. The van der Waals surface area contributed by atoms with Gasteiger partial charge in [0.25, 0.3) is 0 Å². The van der Waals surface area contributed by atoms with Gasteiger partial charge in [0, 0.05) is 6.20 Å². The molecular weight excluding hydrogens is 157 g/mol. The van der Waals surface area contributed by atoms with Crippen LogP contribution in [0.5, 0.6) is 0 Å². The molecule has 1 heterocycles. The first kappa shape index (κ1) is 7.97. The number of hydrogen-bond acceptors (Lipinski definition) is 2. The Bertz CT molecular complexity index is 256. The van der Waals surface area contributed by atoms with Crippen molar-refractivity contribution in [2.45, 2.75) is 13.1 Å². The van der Waals surface area contributed by atoms with Crippen LogP contribution in [0.15, 0.2) is 6.20 Å². The van der Waals surface area contributed by atoms with E-state index in [2.05, 4.69) is 16.3 Å². The molecule has 0 atom stereocenters. The van der Waals surface area contributed by atoms with E-state index < -0.39 is 11.7 Å². The first-order valence-corrected chi connectivity index (χ1v) is 2.78. The third kappa shape index (κ3) is 1.66. The molecule has 5 heteroatoms. The Labute approximate surface area is 61.1 Å². The van der Waals surface area contributed by atoms with Gasteiger partial charge in [0.1, 0.15) is 0 Å². The van der Waals surface area contributed by atoms with Gasteiger partial charge in [0.15, 0.2) is 6.33 Å². The van der Waals surface area contributed by atoms with Crippen molar-refractivity contribution in [1.82, 2.24) is 9.97 Å². The summed E-state index contributed by atoms with van der Waals surface area (Å²) >= 11 is 0. The zero-order chi connectivity index (χ0) is 8.48. The average Bonchev–Trinajstić information content (AvgIpc) is 1.86. The van der Waals surface area contributed by atoms with E-state index in [9.17, 15) is 13.2 Å². The van der Waals surface area contributed by atoms with E-state index in [4.69, 9.17) is 0 Å². The standard InChI is InChI=1S/C6H4F3N2/c1-4-5(6(7,8)9)2-10-3-11-4/h2H,1H3. The molecule has 0 saturated carbocycles. The zero-order valence-corrected chi connectivity index (χ0v) is 5.61. The second kappa shape index (κ2) is 2.48. The van der Waals surface area contributed by atoms with Gasteiger partial charge < -0.3 is 0 Å². The minimum atomic E-state index is -4.36. The van der Waals surface area contributed by atoms with E-state index in [1.54, 1.807) is 0 Å². The summed E-state index contributed by atoms with van der Waals surface area (Å²) < 4.78 is 35.9. The Morgan fingerprint density at radius 2 is 2.09 bits per heavy atom. The van der Waals surface area contributed by atoms with Crippen LogP contribution in [-0.2, 0) is 6.18 Å². The van der Waals surface area contributed by atoms with Crippen LogP contribution in [-0.4, -0.2) is 9.97 Å². The molecule has 0 unspecified atom stereocenters. The molecule has 1 aromatic heterocycles. The summed E-state index contributed by atoms with van der Waals surface area (Å²) in [6, 6.07) is 0. The number of halogens is 3. The van der Waals surface area contributed by atoms with Crippen LogP contribution >= 0.6 is 0 Å². The fourth-order valence-corrected chi connectivity index (χ4v) is 0.629.